The Balaban J connectivity index is 4.05. The normalized spacial score (nSPS) is 12.7. The Morgan fingerprint density at radius 1 is 0.895 bits per heavy atom. The van der Waals surface area contributed by atoms with E-state index in [1.165, 1.54) is 56.8 Å². The Morgan fingerprint density at radius 2 is 1.45 bits per heavy atom. The quantitative estimate of drug-likeness (QED) is 0.0356. The molecule has 0 bridgehead atoms. The Hall–Kier alpha value is -2.07. The summed E-state index contributed by atoms with van der Waals surface area (Å²) in [6.45, 7) is 4.35. The molecule has 38 heavy (non-hydrogen) atoms. The van der Waals surface area contributed by atoms with Gasteiger partial charge in [-0.05, 0) is 45.1 Å². The summed E-state index contributed by atoms with van der Waals surface area (Å²) in [6, 6.07) is -1.65. The van der Waals surface area contributed by atoms with Crippen LogP contribution in [0.5, 0.6) is 0 Å². The van der Waals surface area contributed by atoms with Gasteiger partial charge in [-0.25, -0.2) is 9.59 Å². The standard InChI is InChI=1S/C28H52N4O5S/c1-4-5-6-7-8-9-10-11-12-13-14-15-16-17-18-20-24(34)37-27(35)25(31-23(2)33)26(38)30-21-19-22-32(3)28(29)36/h12-13,25-26,30,38H,4-11,14-22H2,1-3H3,(H2,29,36)(H,31,33)/t25-,26?/m0/s1. The fourth-order valence-electron chi connectivity index (χ4n) is 3.85. The number of carbonyl (C=O) groups is 4. The van der Waals surface area contributed by atoms with Gasteiger partial charge in [-0.15, -0.1) is 0 Å². The maximum atomic E-state index is 12.5. The van der Waals surface area contributed by atoms with E-state index in [0.29, 0.717) is 25.9 Å². The number of primary amides is 1. The molecule has 0 fully saturated rings. The van der Waals surface area contributed by atoms with E-state index in [2.05, 4.69) is 42.3 Å². The first-order chi connectivity index (χ1) is 18.2. The van der Waals surface area contributed by atoms with Crippen molar-refractivity contribution in [3.8, 4) is 0 Å². The summed E-state index contributed by atoms with van der Waals surface area (Å²) in [6.07, 6.45) is 20.4. The van der Waals surface area contributed by atoms with Crippen molar-refractivity contribution in [1.82, 2.24) is 15.5 Å². The van der Waals surface area contributed by atoms with Crippen LogP contribution >= 0.6 is 12.6 Å². The number of urea groups is 1. The number of nitrogens with one attached hydrogen (secondary N) is 2. The van der Waals surface area contributed by atoms with Crippen LogP contribution in [0.3, 0.4) is 0 Å². The molecule has 0 saturated heterocycles. The number of thiol groups is 1. The number of esters is 2. The van der Waals surface area contributed by atoms with E-state index in [4.69, 9.17) is 10.5 Å². The van der Waals surface area contributed by atoms with Crippen molar-refractivity contribution in [3.63, 3.8) is 0 Å². The Bertz CT molecular complexity index is 705. The summed E-state index contributed by atoms with van der Waals surface area (Å²) in [5.41, 5.74) is 5.18. The molecule has 0 aliphatic rings. The van der Waals surface area contributed by atoms with Crippen LogP contribution in [0.1, 0.15) is 110 Å². The number of ether oxygens (including phenoxy) is 1. The minimum absolute atomic E-state index is 0.150. The minimum atomic E-state index is -1.12. The van der Waals surface area contributed by atoms with Crippen molar-refractivity contribution in [2.24, 2.45) is 5.73 Å². The monoisotopic (exact) mass is 556 g/mol. The molecule has 0 saturated carbocycles. The molecule has 3 amide bonds. The van der Waals surface area contributed by atoms with Crippen molar-refractivity contribution in [2.45, 2.75) is 122 Å². The lowest BCUT2D eigenvalue weighted by molar-refractivity contribution is -0.162. The van der Waals surface area contributed by atoms with Crippen LogP contribution in [0.2, 0.25) is 0 Å². The first-order valence-electron chi connectivity index (χ1n) is 14.3. The average molecular weight is 557 g/mol. The van der Waals surface area contributed by atoms with Gasteiger partial charge in [-0.1, -0.05) is 70.4 Å². The Labute approximate surface area is 235 Å². The molecule has 0 rings (SSSR count). The van der Waals surface area contributed by atoms with Crippen molar-refractivity contribution >= 4 is 36.5 Å². The highest BCUT2D eigenvalue weighted by Crippen LogP contribution is 2.11. The zero-order valence-electron chi connectivity index (χ0n) is 23.8. The second kappa shape index (κ2) is 24.0. The van der Waals surface area contributed by atoms with Gasteiger partial charge in [0.2, 0.25) is 5.91 Å². The number of carbonyl (C=O) groups excluding carboxylic acids is 4. The maximum Gasteiger partial charge on any atom is 0.338 e. The van der Waals surface area contributed by atoms with Gasteiger partial charge in [0.25, 0.3) is 0 Å². The van der Waals surface area contributed by atoms with Crippen molar-refractivity contribution in [2.75, 3.05) is 20.1 Å². The van der Waals surface area contributed by atoms with Gasteiger partial charge < -0.3 is 26.0 Å². The molecule has 10 heteroatoms. The molecule has 0 aliphatic heterocycles. The average Bonchev–Trinajstić information content (AvgIpc) is 2.86. The van der Waals surface area contributed by atoms with Gasteiger partial charge >= 0.3 is 18.0 Å². The molecule has 9 nitrogen and oxygen atoms in total. The topological polar surface area (TPSA) is 131 Å². The molecule has 220 valence electrons. The first-order valence-corrected chi connectivity index (χ1v) is 14.8. The van der Waals surface area contributed by atoms with Gasteiger partial charge in [0.1, 0.15) is 0 Å². The van der Waals surface area contributed by atoms with Gasteiger partial charge in [-0.2, -0.15) is 12.6 Å². The van der Waals surface area contributed by atoms with Crippen LogP contribution in [0.25, 0.3) is 0 Å². The summed E-state index contributed by atoms with van der Waals surface area (Å²) in [5.74, 6) is -1.90. The third-order valence-electron chi connectivity index (χ3n) is 6.19. The summed E-state index contributed by atoms with van der Waals surface area (Å²) in [5, 5.41) is 4.70. The molecule has 0 aromatic rings. The highest BCUT2D eigenvalue weighted by atomic mass is 32.1. The number of nitrogens with two attached hydrogens (primary N) is 1. The lowest BCUT2D eigenvalue weighted by atomic mass is 10.1. The molecule has 0 aromatic carbocycles. The molecule has 4 N–H and O–H groups in total. The van der Waals surface area contributed by atoms with Crippen LogP contribution in [-0.2, 0) is 19.1 Å². The lowest BCUT2D eigenvalue weighted by Gasteiger charge is -2.23. The number of rotatable bonds is 23. The van der Waals surface area contributed by atoms with Crippen LogP contribution in [0, 0.1) is 0 Å². The zero-order chi connectivity index (χ0) is 28.6. The fraction of sp³-hybridized carbons (Fsp3) is 0.786. The number of hydrogen-bond donors (Lipinski definition) is 4. The molecule has 1 unspecified atom stereocenters. The van der Waals surface area contributed by atoms with Gasteiger partial charge in [-0.3, -0.25) is 9.59 Å². The van der Waals surface area contributed by atoms with E-state index >= 15 is 0 Å². The smallest absolute Gasteiger partial charge is 0.338 e. The summed E-state index contributed by atoms with van der Waals surface area (Å²) >= 11 is 4.34. The van der Waals surface area contributed by atoms with Gasteiger partial charge in [0, 0.05) is 26.9 Å². The van der Waals surface area contributed by atoms with Crippen LogP contribution < -0.4 is 16.4 Å². The van der Waals surface area contributed by atoms with Gasteiger partial charge in [0.05, 0.1) is 5.37 Å². The van der Waals surface area contributed by atoms with E-state index in [1.54, 1.807) is 7.05 Å². The van der Waals surface area contributed by atoms with Crippen molar-refractivity contribution in [3.05, 3.63) is 12.2 Å². The summed E-state index contributed by atoms with van der Waals surface area (Å²) in [4.78, 5) is 48.6. The molecular weight excluding hydrogens is 504 g/mol. The van der Waals surface area contributed by atoms with E-state index in [9.17, 15) is 19.2 Å². The highest BCUT2D eigenvalue weighted by Gasteiger charge is 2.29. The lowest BCUT2D eigenvalue weighted by Crippen LogP contribution is -2.52. The largest absolute Gasteiger partial charge is 0.392 e. The Kier molecular flexibility index (Phi) is 22.7. The predicted molar refractivity (Wildman–Crippen MR) is 156 cm³/mol. The van der Waals surface area contributed by atoms with Gasteiger partial charge in [0.15, 0.2) is 6.04 Å². The molecule has 0 radical (unpaired) electrons. The SMILES string of the molecule is CCCCCCCCCC=CCCCCCCC(=O)OC(=O)[C@@H](NC(C)=O)C(S)NCCCN(C)C(N)=O. The number of hydrogen-bond acceptors (Lipinski definition) is 7. The Morgan fingerprint density at radius 3 is 2.00 bits per heavy atom. The summed E-state index contributed by atoms with van der Waals surface area (Å²) in [7, 11) is 1.58. The predicted octanol–water partition coefficient (Wildman–Crippen LogP) is 4.84. The number of allylic oxidation sites excluding steroid dienone is 2. The van der Waals surface area contributed by atoms with Crippen LogP contribution in [-0.4, -0.2) is 60.3 Å². The van der Waals surface area contributed by atoms with Crippen molar-refractivity contribution < 1.29 is 23.9 Å². The number of unbranched alkanes of at least 4 members (excludes halogenated alkanes) is 11. The first kappa shape index (κ1) is 35.9. The molecule has 0 heterocycles. The van der Waals surface area contributed by atoms with E-state index in [1.807, 2.05) is 0 Å². The summed E-state index contributed by atoms with van der Waals surface area (Å²) < 4.78 is 4.97. The number of nitrogens with zero attached hydrogens (tertiary/aromatic N) is 1. The van der Waals surface area contributed by atoms with E-state index in [0.717, 1.165) is 32.1 Å². The molecular formula is C28H52N4O5S. The molecule has 0 aromatic heterocycles. The second-order valence-electron chi connectivity index (χ2n) is 9.82. The molecule has 0 spiro atoms. The zero-order valence-corrected chi connectivity index (χ0v) is 24.7. The third-order valence-corrected chi connectivity index (χ3v) is 6.67. The highest BCUT2D eigenvalue weighted by molar-refractivity contribution is 7.81. The second-order valence-corrected chi connectivity index (χ2v) is 10.4. The number of amides is 3. The fourth-order valence-corrected chi connectivity index (χ4v) is 4.17. The van der Waals surface area contributed by atoms with Crippen LogP contribution in [0.15, 0.2) is 12.2 Å². The third kappa shape index (κ3) is 20.9. The minimum Gasteiger partial charge on any atom is -0.392 e. The maximum absolute atomic E-state index is 12.5. The van der Waals surface area contributed by atoms with E-state index in [-0.39, 0.29) is 6.42 Å². The van der Waals surface area contributed by atoms with E-state index < -0.39 is 35.3 Å². The van der Waals surface area contributed by atoms with Crippen molar-refractivity contribution in [1.29, 1.82) is 0 Å². The molecule has 0 aliphatic carbocycles. The van der Waals surface area contributed by atoms with Crippen LogP contribution in [0.4, 0.5) is 4.79 Å². The molecule has 2 atom stereocenters.